The molecule has 0 radical (unpaired) electrons. The molecule has 0 spiro atoms. The molecule has 1 amide bonds. The van der Waals surface area contributed by atoms with Crippen LogP contribution in [0.1, 0.15) is 23.1 Å². The summed E-state index contributed by atoms with van der Waals surface area (Å²) in [7, 11) is 0. The highest BCUT2D eigenvalue weighted by Gasteiger charge is 2.43. The summed E-state index contributed by atoms with van der Waals surface area (Å²) in [6, 6.07) is 0. The van der Waals surface area contributed by atoms with Gasteiger partial charge in [0.2, 0.25) is 0 Å². The second-order valence-corrected chi connectivity index (χ2v) is 7.58. The van der Waals surface area contributed by atoms with E-state index in [1.54, 1.807) is 18.7 Å². The summed E-state index contributed by atoms with van der Waals surface area (Å²) in [4.78, 5) is 38.8. The van der Waals surface area contributed by atoms with Gasteiger partial charge in [0.1, 0.15) is 12.0 Å². The molecule has 0 N–H and O–H groups in total. The molecule has 5 rings (SSSR count). The maximum atomic E-state index is 12.7. The van der Waals surface area contributed by atoms with Crippen molar-refractivity contribution in [3.8, 4) is 0 Å². The Kier molecular flexibility index (Phi) is 3.96. The standard InChI is InChI=1S/C19H22N8O/c1-3-25-11-24-16-17(25)22-10-23-18(16)26-6-13-8-27(9-14(13)7-26)19(28)15-5-20-12(2)4-21-15/h4-5,10-11,13-14H,3,6-9H2,1-2H3. The fourth-order valence-electron chi connectivity index (χ4n) is 4.33. The number of hydrogen-bond donors (Lipinski definition) is 0. The van der Waals surface area contributed by atoms with Crippen molar-refractivity contribution in [3.05, 3.63) is 36.4 Å². The molecule has 0 aromatic carbocycles. The van der Waals surface area contributed by atoms with Gasteiger partial charge < -0.3 is 14.4 Å². The van der Waals surface area contributed by atoms with Crippen LogP contribution in [-0.2, 0) is 6.54 Å². The minimum Gasteiger partial charge on any atom is -0.354 e. The van der Waals surface area contributed by atoms with Crippen molar-refractivity contribution in [1.82, 2.24) is 34.4 Å². The first-order chi connectivity index (χ1) is 13.6. The van der Waals surface area contributed by atoms with Crippen molar-refractivity contribution in [2.24, 2.45) is 11.8 Å². The van der Waals surface area contributed by atoms with Gasteiger partial charge >= 0.3 is 0 Å². The Bertz CT molecular complexity index is 1020. The lowest BCUT2D eigenvalue weighted by atomic mass is 10.0. The molecule has 5 heterocycles. The van der Waals surface area contributed by atoms with Gasteiger partial charge in [0.15, 0.2) is 17.0 Å². The molecule has 3 aromatic heterocycles. The van der Waals surface area contributed by atoms with Crippen LogP contribution in [0.25, 0.3) is 11.2 Å². The number of likely N-dealkylation sites (tertiary alicyclic amines) is 1. The molecule has 2 atom stereocenters. The van der Waals surface area contributed by atoms with E-state index < -0.39 is 0 Å². The van der Waals surface area contributed by atoms with Crippen LogP contribution in [0.2, 0.25) is 0 Å². The van der Waals surface area contributed by atoms with Crippen molar-refractivity contribution in [3.63, 3.8) is 0 Å². The van der Waals surface area contributed by atoms with E-state index in [0.717, 1.165) is 55.4 Å². The third-order valence-electron chi connectivity index (χ3n) is 5.80. The number of nitrogens with zero attached hydrogens (tertiary/aromatic N) is 8. The molecule has 2 unspecified atom stereocenters. The van der Waals surface area contributed by atoms with E-state index in [0.29, 0.717) is 17.5 Å². The summed E-state index contributed by atoms with van der Waals surface area (Å²) in [6.45, 7) is 8.01. The lowest BCUT2D eigenvalue weighted by molar-refractivity contribution is 0.0776. The Morgan fingerprint density at radius 1 is 1.04 bits per heavy atom. The lowest BCUT2D eigenvalue weighted by Crippen LogP contribution is -2.34. The van der Waals surface area contributed by atoms with Gasteiger partial charge in [0, 0.05) is 50.8 Å². The highest BCUT2D eigenvalue weighted by molar-refractivity contribution is 5.92. The Morgan fingerprint density at radius 2 is 1.82 bits per heavy atom. The number of carbonyl (C=O) groups excluding carboxylic acids is 1. The van der Waals surface area contributed by atoms with Crippen LogP contribution in [0.15, 0.2) is 25.0 Å². The minimum atomic E-state index is -0.0282. The van der Waals surface area contributed by atoms with Gasteiger partial charge in [-0.3, -0.25) is 9.78 Å². The second-order valence-electron chi connectivity index (χ2n) is 7.58. The van der Waals surface area contributed by atoms with Gasteiger partial charge in [-0.15, -0.1) is 0 Å². The third-order valence-corrected chi connectivity index (χ3v) is 5.80. The first-order valence-corrected chi connectivity index (χ1v) is 9.62. The van der Waals surface area contributed by atoms with Gasteiger partial charge in [-0.25, -0.2) is 19.9 Å². The number of rotatable bonds is 3. The average molecular weight is 378 g/mol. The highest BCUT2D eigenvalue weighted by atomic mass is 16.2. The summed E-state index contributed by atoms with van der Waals surface area (Å²) in [5.74, 6) is 1.73. The average Bonchev–Trinajstić information content (AvgIpc) is 3.40. The first-order valence-electron chi connectivity index (χ1n) is 9.62. The molecular weight excluding hydrogens is 356 g/mol. The normalized spacial score (nSPS) is 21.5. The second kappa shape index (κ2) is 6.50. The molecule has 2 aliphatic rings. The SMILES string of the molecule is CCn1cnc2c(N3CC4CN(C(=O)c5cnc(C)cn5)CC4C3)ncnc21. The maximum absolute atomic E-state index is 12.7. The smallest absolute Gasteiger partial charge is 0.274 e. The number of carbonyl (C=O) groups is 1. The third kappa shape index (κ3) is 2.69. The molecule has 0 saturated carbocycles. The largest absolute Gasteiger partial charge is 0.354 e. The zero-order valence-electron chi connectivity index (χ0n) is 16.0. The quantitative estimate of drug-likeness (QED) is 0.675. The fraction of sp³-hybridized carbons (Fsp3) is 0.474. The number of anilines is 1. The highest BCUT2D eigenvalue weighted by Crippen LogP contribution is 2.35. The molecule has 28 heavy (non-hydrogen) atoms. The first kappa shape index (κ1) is 17.0. The van der Waals surface area contributed by atoms with Crippen LogP contribution < -0.4 is 4.90 Å². The van der Waals surface area contributed by atoms with Crippen LogP contribution in [0.5, 0.6) is 0 Å². The predicted molar refractivity (Wildman–Crippen MR) is 103 cm³/mol. The summed E-state index contributed by atoms with van der Waals surface area (Å²) < 4.78 is 2.03. The van der Waals surface area contributed by atoms with Crippen LogP contribution in [0, 0.1) is 18.8 Å². The van der Waals surface area contributed by atoms with Crippen LogP contribution in [-0.4, -0.2) is 66.5 Å². The number of aromatic nitrogens is 6. The van der Waals surface area contributed by atoms with Crippen molar-refractivity contribution in [2.45, 2.75) is 20.4 Å². The van der Waals surface area contributed by atoms with Gasteiger partial charge in [0.25, 0.3) is 5.91 Å². The van der Waals surface area contributed by atoms with E-state index in [1.807, 2.05) is 22.7 Å². The number of imidazole rings is 1. The maximum Gasteiger partial charge on any atom is 0.274 e. The van der Waals surface area contributed by atoms with E-state index in [2.05, 4.69) is 36.7 Å². The topological polar surface area (TPSA) is 92.9 Å². The molecule has 2 fully saturated rings. The van der Waals surface area contributed by atoms with Gasteiger partial charge in [-0.05, 0) is 13.8 Å². The molecule has 2 aliphatic heterocycles. The summed E-state index contributed by atoms with van der Waals surface area (Å²) in [6.07, 6.45) is 6.65. The number of amides is 1. The van der Waals surface area contributed by atoms with E-state index in [-0.39, 0.29) is 5.91 Å². The van der Waals surface area contributed by atoms with E-state index >= 15 is 0 Å². The van der Waals surface area contributed by atoms with Crippen molar-refractivity contribution in [1.29, 1.82) is 0 Å². The zero-order valence-corrected chi connectivity index (χ0v) is 16.0. The summed E-state index contributed by atoms with van der Waals surface area (Å²) in [5, 5.41) is 0. The molecular formula is C19H22N8O. The Hall–Kier alpha value is -3.10. The fourth-order valence-corrected chi connectivity index (χ4v) is 4.33. The molecule has 0 aliphatic carbocycles. The van der Waals surface area contributed by atoms with Crippen molar-refractivity contribution >= 4 is 22.9 Å². The molecule has 0 bridgehead atoms. The number of hydrogen-bond acceptors (Lipinski definition) is 7. The van der Waals surface area contributed by atoms with Gasteiger partial charge in [0.05, 0.1) is 18.2 Å². The number of aryl methyl sites for hydroxylation is 2. The van der Waals surface area contributed by atoms with Gasteiger partial charge in [-0.1, -0.05) is 0 Å². The van der Waals surface area contributed by atoms with Crippen molar-refractivity contribution in [2.75, 3.05) is 31.1 Å². The van der Waals surface area contributed by atoms with Gasteiger partial charge in [-0.2, -0.15) is 0 Å². The molecule has 3 aromatic rings. The molecule has 2 saturated heterocycles. The van der Waals surface area contributed by atoms with E-state index in [4.69, 9.17) is 0 Å². The molecule has 9 heteroatoms. The Morgan fingerprint density at radius 3 is 2.50 bits per heavy atom. The van der Waals surface area contributed by atoms with Crippen molar-refractivity contribution < 1.29 is 4.79 Å². The summed E-state index contributed by atoms with van der Waals surface area (Å²) in [5.41, 5.74) is 2.96. The molecule has 9 nitrogen and oxygen atoms in total. The minimum absolute atomic E-state index is 0.0282. The predicted octanol–water partition coefficient (Wildman–Crippen LogP) is 1.15. The molecule has 144 valence electrons. The van der Waals surface area contributed by atoms with E-state index in [9.17, 15) is 4.79 Å². The Balaban J connectivity index is 1.32. The van der Waals surface area contributed by atoms with E-state index in [1.165, 1.54) is 0 Å². The summed E-state index contributed by atoms with van der Waals surface area (Å²) >= 11 is 0. The van der Waals surface area contributed by atoms with Crippen LogP contribution in [0.4, 0.5) is 5.82 Å². The van der Waals surface area contributed by atoms with Crippen LogP contribution in [0.3, 0.4) is 0 Å². The lowest BCUT2D eigenvalue weighted by Gasteiger charge is -2.22. The monoisotopic (exact) mass is 378 g/mol. The Labute approximate surface area is 162 Å². The van der Waals surface area contributed by atoms with Crippen LogP contribution >= 0.6 is 0 Å². The zero-order chi connectivity index (χ0) is 19.3. The number of fused-ring (bicyclic) bond motifs is 2.